The van der Waals surface area contributed by atoms with Crippen molar-refractivity contribution in [1.82, 2.24) is 29.0 Å². The molecule has 5 rings (SSSR count). The summed E-state index contributed by atoms with van der Waals surface area (Å²) in [6.07, 6.45) is 9.49. The van der Waals surface area contributed by atoms with Gasteiger partial charge >= 0.3 is 0 Å². The normalized spacial score (nSPS) is 17.1. The molecule has 9 heteroatoms. The van der Waals surface area contributed by atoms with Gasteiger partial charge in [-0.15, -0.1) is 0 Å². The number of carbonyl (C=O) groups excluding carboxylic acids is 1. The fourth-order valence-corrected chi connectivity index (χ4v) is 4.14. The van der Waals surface area contributed by atoms with Crippen LogP contribution in [0.25, 0.3) is 16.6 Å². The first-order chi connectivity index (χ1) is 14.5. The van der Waals surface area contributed by atoms with E-state index in [2.05, 4.69) is 27.3 Å². The third kappa shape index (κ3) is 3.07. The number of fused-ring (bicyclic) bond motifs is 2. The smallest absolute Gasteiger partial charge is 0.260 e. The van der Waals surface area contributed by atoms with Crippen molar-refractivity contribution < 1.29 is 9.53 Å². The number of nitrogens with one attached hydrogen (secondary N) is 1. The van der Waals surface area contributed by atoms with Crippen LogP contribution in [0.5, 0.6) is 5.75 Å². The van der Waals surface area contributed by atoms with Crippen LogP contribution in [0.15, 0.2) is 36.9 Å². The van der Waals surface area contributed by atoms with Gasteiger partial charge in [-0.3, -0.25) is 14.4 Å². The van der Waals surface area contributed by atoms with Crippen molar-refractivity contribution in [3.8, 4) is 5.75 Å². The molecule has 4 aromatic rings. The maximum absolute atomic E-state index is 12.9. The number of anilines is 1. The molecule has 3 aromatic heterocycles. The Kier molecular flexibility index (Phi) is 4.39. The Bertz CT molecular complexity index is 1260. The van der Waals surface area contributed by atoms with Gasteiger partial charge in [0.1, 0.15) is 11.6 Å². The number of nitrogens with zero attached hydrogens (tertiary/aromatic N) is 6. The summed E-state index contributed by atoms with van der Waals surface area (Å²) in [5.41, 5.74) is 3.12. The molecule has 1 saturated heterocycles. The first-order valence-corrected chi connectivity index (χ1v) is 9.89. The van der Waals surface area contributed by atoms with Crippen LogP contribution in [0, 0.1) is 0 Å². The number of rotatable bonds is 4. The summed E-state index contributed by atoms with van der Waals surface area (Å²) >= 11 is 0. The zero-order chi connectivity index (χ0) is 20.8. The van der Waals surface area contributed by atoms with E-state index in [0.29, 0.717) is 23.2 Å². The largest absolute Gasteiger partial charge is 0.496 e. The highest BCUT2D eigenvalue weighted by molar-refractivity contribution is 6.08. The molecule has 0 aliphatic carbocycles. The van der Waals surface area contributed by atoms with Crippen LogP contribution < -0.4 is 10.1 Å². The fraction of sp³-hybridized carbons (Fsp3) is 0.333. The van der Waals surface area contributed by atoms with Gasteiger partial charge in [0, 0.05) is 24.7 Å². The molecular formula is C21H23N7O2. The van der Waals surface area contributed by atoms with Gasteiger partial charge in [0.25, 0.3) is 5.91 Å². The number of ether oxygens (including phenoxy) is 1. The quantitative estimate of drug-likeness (QED) is 0.561. The van der Waals surface area contributed by atoms with E-state index in [-0.39, 0.29) is 5.91 Å². The lowest BCUT2D eigenvalue weighted by atomic mass is 10.1. The van der Waals surface area contributed by atoms with Crippen LogP contribution in [0.4, 0.5) is 5.82 Å². The van der Waals surface area contributed by atoms with Gasteiger partial charge in [-0.05, 0) is 32.5 Å². The minimum absolute atomic E-state index is 0.291. The number of hydrogen-bond acceptors (Lipinski definition) is 6. The number of methoxy groups -OCH3 is 1. The van der Waals surface area contributed by atoms with Gasteiger partial charge in [0.15, 0.2) is 5.65 Å². The van der Waals surface area contributed by atoms with Crippen LogP contribution in [-0.4, -0.2) is 55.7 Å². The Balaban J connectivity index is 1.43. The number of aromatic nitrogens is 5. The van der Waals surface area contributed by atoms with Crippen molar-refractivity contribution in [1.29, 1.82) is 0 Å². The molecule has 0 bridgehead atoms. The summed E-state index contributed by atoms with van der Waals surface area (Å²) in [5.74, 6) is 0.642. The standard InChI is InChI=1S/C21H23N7O2/c1-26-6-4-5-16(26)15-11-28-12-19(22-10-20(28)24-15)25-21(29)14-7-13-9-23-27(2)17(13)8-18(14)30-3/h7-12,16H,4-6H2,1-3H3,(H,25,29)/t16-/m1/s1. The molecule has 1 aromatic carbocycles. The maximum atomic E-state index is 12.9. The Labute approximate surface area is 173 Å². The van der Waals surface area contributed by atoms with E-state index < -0.39 is 0 Å². The molecule has 4 heterocycles. The SMILES string of the molecule is COc1cc2c(cnn2C)cc1C(=O)Nc1cn2cc([C@H]3CCCN3C)nc2cn1. The van der Waals surface area contributed by atoms with E-state index in [1.54, 1.807) is 36.4 Å². The highest BCUT2D eigenvalue weighted by atomic mass is 16.5. The number of likely N-dealkylation sites (tertiary alicyclic amines) is 1. The summed E-state index contributed by atoms with van der Waals surface area (Å²) in [6, 6.07) is 3.92. The van der Waals surface area contributed by atoms with Gasteiger partial charge < -0.3 is 14.5 Å². The Hall–Kier alpha value is -3.46. The molecular weight excluding hydrogens is 382 g/mol. The summed E-state index contributed by atoms with van der Waals surface area (Å²) in [6.45, 7) is 1.08. The second-order valence-corrected chi connectivity index (χ2v) is 7.68. The van der Waals surface area contributed by atoms with E-state index in [4.69, 9.17) is 9.72 Å². The van der Waals surface area contributed by atoms with Gasteiger partial charge in [0.2, 0.25) is 0 Å². The van der Waals surface area contributed by atoms with E-state index in [1.807, 2.05) is 23.7 Å². The molecule has 1 atom stereocenters. The van der Waals surface area contributed by atoms with Crippen molar-refractivity contribution >= 4 is 28.3 Å². The summed E-state index contributed by atoms with van der Waals surface area (Å²) in [5, 5.41) is 7.97. The number of imidazole rings is 1. The Morgan fingerprint density at radius 2 is 2.10 bits per heavy atom. The van der Waals surface area contributed by atoms with Gasteiger partial charge in [-0.2, -0.15) is 5.10 Å². The summed E-state index contributed by atoms with van der Waals surface area (Å²) in [7, 11) is 5.52. The van der Waals surface area contributed by atoms with E-state index in [9.17, 15) is 4.79 Å². The predicted molar refractivity (Wildman–Crippen MR) is 113 cm³/mol. The molecule has 0 saturated carbocycles. The van der Waals surface area contributed by atoms with E-state index >= 15 is 0 Å². The van der Waals surface area contributed by atoms with Gasteiger partial charge in [0.05, 0.1) is 48.5 Å². The zero-order valence-electron chi connectivity index (χ0n) is 17.2. The minimum Gasteiger partial charge on any atom is -0.496 e. The monoisotopic (exact) mass is 405 g/mol. The number of aryl methyl sites for hydroxylation is 1. The lowest BCUT2D eigenvalue weighted by molar-refractivity contribution is 0.102. The topological polar surface area (TPSA) is 89.6 Å². The van der Waals surface area contributed by atoms with Crippen LogP contribution in [0.3, 0.4) is 0 Å². The maximum Gasteiger partial charge on any atom is 0.260 e. The second-order valence-electron chi connectivity index (χ2n) is 7.68. The molecule has 9 nitrogen and oxygen atoms in total. The van der Waals surface area contributed by atoms with Gasteiger partial charge in [-0.1, -0.05) is 0 Å². The van der Waals surface area contributed by atoms with E-state index in [1.165, 1.54) is 6.42 Å². The molecule has 0 radical (unpaired) electrons. The van der Waals surface area contributed by atoms with E-state index in [0.717, 1.165) is 35.2 Å². The van der Waals surface area contributed by atoms with Crippen LogP contribution in [0.2, 0.25) is 0 Å². The van der Waals surface area contributed by atoms with Crippen molar-refractivity contribution in [2.75, 3.05) is 26.0 Å². The minimum atomic E-state index is -0.291. The molecule has 30 heavy (non-hydrogen) atoms. The Morgan fingerprint density at radius 1 is 1.23 bits per heavy atom. The molecule has 1 N–H and O–H groups in total. The summed E-state index contributed by atoms with van der Waals surface area (Å²) in [4.78, 5) is 24.3. The second kappa shape index (κ2) is 7.10. The number of carbonyl (C=O) groups is 1. The first-order valence-electron chi connectivity index (χ1n) is 9.89. The van der Waals surface area contributed by atoms with Crippen molar-refractivity contribution in [2.45, 2.75) is 18.9 Å². The Morgan fingerprint density at radius 3 is 2.87 bits per heavy atom. The number of hydrogen-bond donors (Lipinski definition) is 1. The van der Waals surface area contributed by atoms with Crippen LogP contribution >= 0.6 is 0 Å². The number of amides is 1. The highest BCUT2D eigenvalue weighted by Crippen LogP contribution is 2.30. The molecule has 0 spiro atoms. The molecule has 1 aliphatic heterocycles. The van der Waals surface area contributed by atoms with Gasteiger partial charge in [-0.25, -0.2) is 9.97 Å². The van der Waals surface area contributed by atoms with Crippen molar-refractivity contribution in [3.05, 3.63) is 48.2 Å². The predicted octanol–water partition coefficient (Wildman–Crippen LogP) is 2.64. The van der Waals surface area contributed by atoms with Crippen molar-refractivity contribution in [3.63, 3.8) is 0 Å². The highest BCUT2D eigenvalue weighted by Gasteiger charge is 2.25. The first kappa shape index (κ1) is 18.6. The molecule has 1 amide bonds. The lowest BCUT2D eigenvalue weighted by Gasteiger charge is -2.16. The molecule has 154 valence electrons. The van der Waals surface area contributed by atoms with Crippen molar-refractivity contribution in [2.24, 2.45) is 7.05 Å². The average Bonchev–Trinajstić information content (AvgIpc) is 3.45. The fourth-order valence-electron chi connectivity index (χ4n) is 4.14. The lowest BCUT2D eigenvalue weighted by Crippen LogP contribution is -2.17. The average molecular weight is 405 g/mol. The zero-order valence-corrected chi connectivity index (χ0v) is 17.2. The molecule has 1 fully saturated rings. The third-order valence-electron chi connectivity index (χ3n) is 5.78. The van der Waals surface area contributed by atoms with Crippen LogP contribution in [0.1, 0.15) is 34.9 Å². The third-order valence-corrected chi connectivity index (χ3v) is 5.78. The van der Waals surface area contributed by atoms with Crippen LogP contribution in [-0.2, 0) is 7.05 Å². The number of benzene rings is 1. The molecule has 0 unspecified atom stereocenters. The molecule has 1 aliphatic rings. The summed E-state index contributed by atoms with van der Waals surface area (Å²) < 4.78 is 9.09.